The predicted molar refractivity (Wildman–Crippen MR) is 108 cm³/mol. The summed E-state index contributed by atoms with van der Waals surface area (Å²) < 4.78 is 1.98. The highest BCUT2D eigenvalue weighted by molar-refractivity contribution is 7.13. The number of thiazole rings is 1. The van der Waals surface area contributed by atoms with E-state index >= 15 is 0 Å². The predicted octanol–water partition coefficient (Wildman–Crippen LogP) is 3.23. The number of aromatic carboxylic acids is 1. The molecule has 4 rings (SSSR count). The van der Waals surface area contributed by atoms with Crippen LogP contribution in [0, 0.1) is 0 Å². The molecule has 0 spiro atoms. The van der Waals surface area contributed by atoms with Crippen molar-refractivity contribution >= 4 is 28.2 Å². The number of aromatic nitrogens is 2. The van der Waals surface area contributed by atoms with Crippen molar-refractivity contribution in [2.45, 2.75) is 20.0 Å². The molecule has 0 unspecified atom stereocenters. The number of likely N-dealkylation sites (N-methyl/N-ethyl adjacent to an activating group) is 1. The highest BCUT2D eigenvalue weighted by Gasteiger charge is 2.17. The molecular weight excluding hydrogens is 360 g/mol. The van der Waals surface area contributed by atoms with E-state index in [0.717, 1.165) is 66.4 Å². The van der Waals surface area contributed by atoms with E-state index in [-0.39, 0.29) is 0 Å². The number of piperazine rings is 1. The monoisotopic (exact) mass is 384 g/mol. The third kappa shape index (κ3) is 3.63. The molecule has 142 valence electrons. The molecule has 0 aliphatic carbocycles. The number of benzene rings is 1. The first-order valence-electron chi connectivity index (χ1n) is 9.27. The standard InChI is InChI=1S/C20H24N4O2S/c1-3-24-12-17(20(25)26)16-10-14(4-5-18(16)24)19-21-15(13-27-19)11-23-8-6-22(2)7-9-23/h4-5,10,12-13H,3,6-9,11H2,1-2H3,(H,25,26). The quantitative estimate of drug-likeness (QED) is 0.732. The van der Waals surface area contributed by atoms with Crippen LogP contribution in [0.1, 0.15) is 23.0 Å². The van der Waals surface area contributed by atoms with E-state index in [1.54, 1.807) is 17.5 Å². The number of carboxylic acids is 1. The lowest BCUT2D eigenvalue weighted by Crippen LogP contribution is -2.43. The summed E-state index contributed by atoms with van der Waals surface area (Å²) in [6.45, 7) is 7.98. The van der Waals surface area contributed by atoms with Gasteiger partial charge < -0.3 is 14.6 Å². The van der Waals surface area contributed by atoms with E-state index in [9.17, 15) is 9.90 Å². The van der Waals surface area contributed by atoms with E-state index in [0.29, 0.717) is 5.56 Å². The molecule has 0 bridgehead atoms. The Labute approximate surface area is 162 Å². The Hall–Kier alpha value is -2.22. The molecule has 1 aromatic carbocycles. The summed E-state index contributed by atoms with van der Waals surface area (Å²) in [6, 6.07) is 6.00. The second-order valence-electron chi connectivity index (χ2n) is 7.09. The molecule has 1 saturated heterocycles. The average molecular weight is 385 g/mol. The lowest BCUT2D eigenvalue weighted by atomic mass is 10.1. The summed E-state index contributed by atoms with van der Waals surface area (Å²) in [6.07, 6.45) is 1.72. The van der Waals surface area contributed by atoms with Gasteiger partial charge in [-0.25, -0.2) is 9.78 Å². The number of nitrogens with zero attached hydrogens (tertiary/aromatic N) is 4. The summed E-state index contributed by atoms with van der Waals surface area (Å²) in [5, 5.41) is 13.4. The summed E-state index contributed by atoms with van der Waals surface area (Å²) in [7, 11) is 2.16. The van der Waals surface area contributed by atoms with Crippen LogP contribution in [0.2, 0.25) is 0 Å². The van der Waals surface area contributed by atoms with Gasteiger partial charge in [-0.3, -0.25) is 4.90 Å². The number of hydrogen-bond acceptors (Lipinski definition) is 5. The van der Waals surface area contributed by atoms with E-state index in [1.807, 2.05) is 29.7 Å². The Morgan fingerprint density at radius 3 is 2.74 bits per heavy atom. The maximum absolute atomic E-state index is 11.6. The van der Waals surface area contributed by atoms with Crippen molar-refractivity contribution in [2.24, 2.45) is 0 Å². The van der Waals surface area contributed by atoms with E-state index < -0.39 is 5.97 Å². The average Bonchev–Trinajstić information content (AvgIpc) is 3.27. The third-order valence-electron chi connectivity index (χ3n) is 5.23. The van der Waals surface area contributed by atoms with Gasteiger partial charge in [0.05, 0.1) is 11.3 Å². The highest BCUT2D eigenvalue weighted by atomic mass is 32.1. The molecule has 7 heteroatoms. The maximum atomic E-state index is 11.6. The number of rotatable bonds is 5. The highest BCUT2D eigenvalue weighted by Crippen LogP contribution is 2.30. The van der Waals surface area contributed by atoms with Crippen molar-refractivity contribution < 1.29 is 9.90 Å². The van der Waals surface area contributed by atoms with Gasteiger partial charge in [0, 0.05) is 67.3 Å². The van der Waals surface area contributed by atoms with Crippen molar-refractivity contribution in [1.29, 1.82) is 0 Å². The molecule has 3 aromatic rings. The van der Waals surface area contributed by atoms with Crippen LogP contribution >= 0.6 is 11.3 Å². The van der Waals surface area contributed by atoms with Crippen molar-refractivity contribution in [1.82, 2.24) is 19.4 Å². The van der Waals surface area contributed by atoms with Crippen LogP contribution in [0.4, 0.5) is 0 Å². The molecular formula is C20H24N4O2S. The zero-order chi connectivity index (χ0) is 19.0. The Bertz CT molecular complexity index is 970. The molecule has 0 radical (unpaired) electrons. The van der Waals surface area contributed by atoms with Crippen molar-refractivity contribution in [2.75, 3.05) is 33.2 Å². The summed E-state index contributed by atoms with van der Waals surface area (Å²) in [5.41, 5.74) is 3.37. The lowest BCUT2D eigenvalue weighted by molar-refractivity contribution is 0.0699. The molecule has 27 heavy (non-hydrogen) atoms. The molecule has 0 atom stereocenters. The Morgan fingerprint density at radius 2 is 2.04 bits per heavy atom. The number of aryl methyl sites for hydroxylation is 1. The number of carbonyl (C=O) groups is 1. The minimum Gasteiger partial charge on any atom is -0.478 e. The van der Waals surface area contributed by atoms with Gasteiger partial charge >= 0.3 is 5.97 Å². The molecule has 1 fully saturated rings. The molecule has 1 aliphatic rings. The molecule has 6 nitrogen and oxygen atoms in total. The van der Waals surface area contributed by atoms with Gasteiger partial charge in [-0.1, -0.05) is 0 Å². The third-order valence-corrected chi connectivity index (χ3v) is 6.17. The SMILES string of the molecule is CCn1cc(C(=O)O)c2cc(-c3nc(CN4CCN(C)CC4)cs3)ccc21. The Balaban J connectivity index is 1.60. The molecule has 0 saturated carbocycles. The fourth-order valence-electron chi connectivity index (χ4n) is 3.61. The maximum Gasteiger partial charge on any atom is 0.337 e. The first-order chi connectivity index (χ1) is 13.0. The number of fused-ring (bicyclic) bond motifs is 1. The first-order valence-corrected chi connectivity index (χ1v) is 10.1. The molecule has 3 heterocycles. The van der Waals surface area contributed by atoms with Gasteiger partial charge in [-0.05, 0) is 32.2 Å². The fourth-order valence-corrected chi connectivity index (χ4v) is 4.42. The fraction of sp³-hybridized carbons (Fsp3) is 0.400. The minimum absolute atomic E-state index is 0.350. The zero-order valence-electron chi connectivity index (χ0n) is 15.7. The number of carboxylic acid groups (broad SMARTS) is 1. The van der Waals surface area contributed by atoms with Crippen LogP contribution in [-0.4, -0.2) is 63.7 Å². The molecule has 1 N–H and O–H groups in total. The first kappa shape index (κ1) is 18.2. The second kappa shape index (κ2) is 7.42. The van der Waals surface area contributed by atoms with E-state index in [2.05, 4.69) is 22.2 Å². The molecule has 0 amide bonds. The molecule has 2 aromatic heterocycles. The van der Waals surface area contributed by atoms with E-state index in [4.69, 9.17) is 4.98 Å². The summed E-state index contributed by atoms with van der Waals surface area (Å²) in [4.78, 5) is 21.2. The van der Waals surface area contributed by atoms with Gasteiger partial charge in [0.15, 0.2) is 0 Å². The largest absolute Gasteiger partial charge is 0.478 e. The summed E-state index contributed by atoms with van der Waals surface area (Å²) in [5.74, 6) is -0.890. The second-order valence-corrected chi connectivity index (χ2v) is 7.95. The smallest absolute Gasteiger partial charge is 0.337 e. The van der Waals surface area contributed by atoms with Crippen LogP contribution in [0.25, 0.3) is 21.5 Å². The van der Waals surface area contributed by atoms with Crippen molar-refractivity contribution in [3.05, 3.63) is 41.0 Å². The van der Waals surface area contributed by atoms with Gasteiger partial charge in [-0.2, -0.15) is 0 Å². The normalized spacial score (nSPS) is 16.2. The Morgan fingerprint density at radius 1 is 1.26 bits per heavy atom. The lowest BCUT2D eigenvalue weighted by Gasteiger charge is -2.31. The van der Waals surface area contributed by atoms with Gasteiger partial charge in [-0.15, -0.1) is 11.3 Å². The van der Waals surface area contributed by atoms with Gasteiger partial charge in [0.25, 0.3) is 0 Å². The van der Waals surface area contributed by atoms with Gasteiger partial charge in [0.1, 0.15) is 5.01 Å². The zero-order valence-corrected chi connectivity index (χ0v) is 16.5. The van der Waals surface area contributed by atoms with Crippen LogP contribution in [0.5, 0.6) is 0 Å². The minimum atomic E-state index is -0.890. The van der Waals surface area contributed by atoms with Crippen LogP contribution < -0.4 is 0 Å². The molecule has 1 aliphatic heterocycles. The number of hydrogen-bond donors (Lipinski definition) is 1. The van der Waals surface area contributed by atoms with Gasteiger partial charge in [0.2, 0.25) is 0 Å². The van der Waals surface area contributed by atoms with Crippen molar-refractivity contribution in [3.63, 3.8) is 0 Å². The van der Waals surface area contributed by atoms with Crippen LogP contribution in [-0.2, 0) is 13.1 Å². The Kier molecular flexibility index (Phi) is 4.99. The van der Waals surface area contributed by atoms with E-state index in [1.165, 1.54) is 0 Å². The summed E-state index contributed by atoms with van der Waals surface area (Å²) >= 11 is 1.62. The van der Waals surface area contributed by atoms with Crippen LogP contribution in [0.15, 0.2) is 29.8 Å². The van der Waals surface area contributed by atoms with Crippen molar-refractivity contribution in [3.8, 4) is 10.6 Å². The topological polar surface area (TPSA) is 61.6 Å². The van der Waals surface area contributed by atoms with Crippen LogP contribution in [0.3, 0.4) is 0 Å².